The Labute approximate surface area is 233 Å². The molecule has 0 radical (unpaired) electrons. The fourth-order valence-electron chi connectivity index (χ4n) is 4.49. The third-order valence-corrected chi connectivity index (χ3v) is 8.72. The minimum absolute atomic E-state index is 0.0118. The van der Waals surface area contributed by atoms with Crippen LogP contribution in [-0.4, -0.2) is 75.9 Å². The highest BCUT2D eigenvalue weighted by atomic mass is 35.5. The van der Waals surface area contributed by atoms with Gasteiger partial charge in [-0.25, -0.2) is 8.93 Å². The van der Waals surface area contributed by atoms with Crippen LogP contribution in [-0.2, 0) is 24.1 Å². The molecule has 1 saturated heterocycles. The van der Waals surface area contributed by atoms with Gasteiger partial charge in [0.1, 0.15) is 0 Å². The van der Waals surface area contributed by atoms with Gasteiger partial charge in [-0.15, -0.1) is 0 Å². The number of allylic oxidation sites excluding steroid dienone is 8. The van der Waals surface area contributed by atoms with Crippen LogP contribution in [0.3, 0.4) is 0 Å². The molecule has 212 valence electrons. The van der Waals surface area contributed by atoms with Crippen molar-refractivity contribution < 1.29 is 18.6 Å². The van der Waals surface area contributed by atoms with Crippen LogP contribution in [0.25, 0.3) is 0 Å². The lowest BCUT2D eigenvalue weighted by molar-refractivity contribution is -0.141. The van der Waals surface area contributed by atoms with Gasteiger partial charge in [-0.05, 0) is 68.7 Å². The number of carbonyl (C=O) groups is 3. The molecule has 3 amide bonds. The number of hydrogen-bond donors (Lipinski definition) is 2. The van der Waals surface area contributed by atoms with Gasteiger partial charge in [-0.2, -0.15) is 0 Å². The smallest absolute Gasteiger partial charge is 0.242 e. The summed E-state index contributed by atoms with van der Waals surface area (Å²) in [5, 5.41) is 3.35. The van der Waals surface area contributed by atoms with Gasteiger partial charge < -0.3 is 15.1 Å². The molecule has 0 saturated carbocycles. The third kappa shape index (κ3) is 10.1. The molecular weight excluding hydrogens is 524 g/mol. The first-order chi connectivity index (χ1) is 17.8. The van der Waals surface area contributed by atoms with E-state index in [1.165, 1.54) is 6.92 Å². The monoisotopic (exact) mass is 566 g/mol. The minimum atomic E-state index is -2.83. The summed E-state index contributed by atoms with van der Waals surface area (Å²) >= 11 is 6.22. The molecule has 0 spiro atoms. The molecule has 0 aromatic carbocycles. The van der Waals surface area contributed by atoms with E-state index in [0.29, 0.717) is 42.4 Å². The molecule has 8 nitrogen and oxygen atoms in total. The summed E-state index contributed by atoms with van der Waals surface area (Å²) < 4.78 is 16.6. The summed E-state index contributed by atoms with van der Waals surface area (Å²) in [6.45, 7) is 10.5. The third-order valence-electron chi connectivity index (χ3n) is 6.61. The van der Waals surface area contributed by atoms with Crippen molar-refractivity contribution in [2.24, 2.45) is 5.92 Å². The highest BCUT2D eigenvalue weighted by Crippen LogP contribution is 2.22. The predicted molar refractivity (Wildman–Crippen MR) is 157 cm³/mol. The second-order valence-corrected chi connectivity index (χ2v) is 12.9. The Balaban J connectivity index is 2.04. The van der Waals surface area contributed by atoms with Crippen LogP contribution in [0, 0.1) is 5.92 Å². The van der Waals surface area contributed by atoms with E-state index in [-0.39, 0.29) is 48.7 Å². The van der Waals surface area contributed by atoms with Gasteiger partial charge >= 0.3 is 0 Å². The maximum absolute atomic E-state index is 13.5. The number of nitrogens with one attached hydrogen (secondary N) is 2. The SMILES string of the molecule is C=S(=O)(N[C@H]1CCCN(CC(=O)N(CCC)C(C)CNC(C)=O)C(=O)C1)/C(C)=C/C1=CC(C)C=CC(Cl)=C1. The summed E-state index contributed by atoms with van der Waals surface area (Å²) in [6, 6.07) is -0.496. The van der Waals surface area contributed by atoms with E-state index in [4.69, 9.17) is 11.6 Å². The number of hydrogen-bond acceptors (Lipinski definition) is 4. The first-order valence-electron chi connectivity index (χ1n) is 13.2. The normalized spacial score (nSPS) is 22.9. The molecule has 1 heterocycles. The summed E-state index contributed by atoms with van der Waals surface area (Å²) in [5.41, 5.74) is 0.856. The van der Waals surface area contributed by atoms with Crippen molar-refractivity contribution in [1.82, 2.24) is 19.8 Å². The van der Waals surface area contributed by atoms with Crippen molar-refractivity contribution in [2.75, 3.05) is 26.2 Å². The van der Waals surface area contributed by atoms with Crippen LogP contribution in [0.2, 0.25) is 0 Å². The molecular formula is C28H43ClN4O4S. The molecule has 2 N–H and O–H groups in total. The van der Waals surface area contributed by atoms with Crippen molar-refractivity contribution in [1.29, 1.82) is 0 Å². The van der Waals surface area contributed by atoms with Crippen LogP contribution in [0.15, 0.2) is 45.9 Å². The van der Waals surface area contributed by atoms with Gasteiger partial charge in [-0.3, -0.25) is 14.4 Å². The topological polar surface area (TPSA) is 98.8 Å². The van der Waals surface area contributed by atoms with Gasteiger partial charge in [0.25, 0.3) is 0 Å². The second-order valence-electron chi connectivity index (χ2n) is 10.2. The Hall–Kier alpha value is -2.36. The number of carbonyl (C=O) groups excluding carboxylic acids is 3. The Morgan fingerprint density at radius 1 is 1.37 bits per heavy atom. The molecule has 1 aliphatic heterocycles. The number of amides is 3. The first-order valence-corrected chi connectivity index (χ1v) is 15.3. The zero-order valence-corrected chi connectivity index (χ0v) is 24.9. The lowest BCUT2D eigenvalue weighted by Gasteiger charge is -2.31. The average Bonchev–Trinajstić information content (AvgIpc) is 3.09. The van der Waals surface area contributed by atoms with Crippen molar-refractivity contribution >= 4 is 44.9 Å². The summed E-state index contributed by atoms with van der Waals surface area (Å²) in [7, 11) is -2.83. The molecule has 0 aromatic heterocycles. The molecule has 1 fully saturated rings. The lowest BCUT2D eigenvalue weighted by Crippen LogP contribution is -2.50. The second kappa shape index (κ2) is 14.7. The van der Waals surface area contributed by atoms with E-state index in [0.717, 1.165) is 12.0 Å². The molecule has 0 aromatic rings. The van der Waals surface area contributed by atoms with Gasteiger partial charge in [0.05, 0.1) is 6.54 Å². The van der Waals surface area contributed by atoms with Crippen LogP contribution in [0.4, 0.5) is 0 Å². The molecule has 3 unspecified atom stereocenters. The Morgan fingerprint density at radius 3 is 2.74 bits per heavy atom. The fourth-order valence-corrected chi connectivity index (χ4v) is 5.94. The standard InChI is InChI=1S/C28H43ClN4O4S/c1-7-12-33(21(3)18-30-23(5)34)28(36)19-32-13-8-9-26(17-27(32)35)31-38(6,37)22(4)15-24-14-20(2)10-11-25(29)16-24/h10-11,14-16,20-21,26H,6-9,12-13,17-19H2,1-5H3,(H,30,34)(H,31,37)/b22-15+/t20?,21?,26-,38?/m0/s1. The Kier molecular flexibility index (Phi) is 12.3. The Bertz CT molecular complexity index is 1110. The van der Waals surface area contributed by atoms with Gasteiger partial charge in [0.2, 0.25) is 17.7 Å². The van der Waals surface area contributed by atoms with E-state index in [1.807, 2.05) is 51.2 Å². The molecule has 0 bridgehead atoms. The molecule has 10 heteroatoms. The van der Waals surface area contributed by atoms with Gasteiger partial charge in [0, 0.05) is 64.7 Å². The zero-order chi connectivity index (χ0) is 28.5. The number of nitrogens with zero attached hydrogens (tertiary/aromatic N) is 2. The zero-order valence-electron chi connectivity index (χ0n) is 23.3. The maximum atomic E-state index is 13.5. The summed E-state index contributed by atoms with van der Waals surface area (Å²) in [6.07, 6.45) is 11.7. The van der Waals surface area contributed by atoms with E-state index in [2.05, 4.69) is 15.9 Å². The van der Waals surface area contributed by atoms with E-state index in [9.17, 15) is 18.6 Å². The minimum Gasteiger partial charge on any atom is -0.354 e. The maximum Gasteiger partial charge on any atom is 0.242 e. The van der Waals surface area contributed by atoms with Crippen molar-refractivity contribution in [3.63, 3.8) is 0 Å². The Morgan fingerprint density at radius 2 is 2.08 bits per heavy atom. The lowest BCUT2D eigenvalue weighted by atomic mass is 10.1. The van der Waals surface area contributed by atoms with E-state index in [1.54, 1.807) is 16.7 Å². The summed E-state index contributed by atoms with van der Waals surface area (Å²) in [4.78, 5) is 41.4. The molecule has 1 aliphatic carbocycles. The van der Waals surface area contributed by atoms with Crippen molar-refractivity contribution in [2.45, 2.75) is 72.4 Å². The summed E-state index contributed by atoms with van der Waals surface area (Å²) in [5.74, 6) is 3.68. The molecule has 4 atom stereocenters. The number of rotatable bonds is 11. The van der Waals surface area contributed by atoms with Crippen LogP contribution in [0.5, 0.6) is 0 Å². The largest absolute Gasteiger partial charge is 0.354 e. The predicted octanol–water partition coefficient (Wildman–Crippen LogP) is 3.51. The number of likely N-dealkylation sites (tertiary alicyclic amines) is 1. The van der Waals surface area contributed by atoms with E-state index < -0.39 is 9.71 Å². The van der Waals surface area contributed by atoms with Crippen LogP contribution in [0.1, 0.15) is 60.3 Å². The number of halogens is 1. The van der Waals surface area contributed by atoms with E-state index >= 15 is 0 Å². The highest BCUT2D eigenvalue weighted by molar-refractivity contribution is 8.02. The molecule has 2 rings (SSSR count). The molecule has 2 aliphatic rings. The van der Waals surface area contributed by atoms with Crippen molar-refractivity contribution in [3.05, 3.63) is 45.9 Å². The van der Waals surface area contributed by atoms with Gasteiger partial charge in [-0.1, -0.05) is 37.6 Å². The highest BCUT2D eigenvalue weighted by Gasteiger charge is 2.29. The fraction of sp³-hybridized carbons (Fsp3) is 0.571. The van der Waals surface area contributed by atoms with Gasteiger partial charge in [0.15, 0.2) is 0 Å². The first kappa shape index (κ1) is 31.9. The van der Waals surface area contributed by atoms with Crippen LogP contribution < -0.4 is 10.0 Å². The average molecular weight is 567 g/mol. The van der Waals surface area contributed by atoms with Crippen molar-refractivity contribution in [3.8, 4) is 0 Å². The van der Waals surface area contributed by atoms with Crippen LogP contribution >= 0.6 is 11.6 Å². The quantitative estimate of drug-likeness (QED) is 0.374. The molecule has 38 heavy (non-hydrogen) atoms.